The molecular weight excluding hydrogens is 210 g/mol. The zero-order valence-corrected chi connectivity index (χ0v) is 12.2. The summed E-state index contributed by atoms with van der Waals surface area (Å²) in [6, 6.07) is 7.16. The van der Waals surface area contributed by atoms with Crippen molar-refractivity contribution in [2.75, 3.05) is 52.1 Å². The first-order valence-electron chi connectivity index (χ1n) is 5.99. The molecule has 0 heterocycles. The van der Waals surface area contributed by atoms with Gasteiger partial charge < -0.3 is 14.7 Å². The maximum atomic E-state index is 2.26. The summed E-state index contributed by atoms with van der Waals surface area (Å²) in [6.07, 6.45) is 0. The molecule has 3 heteroatoms. The van der Waals surface area contributed by atoms with Gasteiger partial charge >= 0.3 is 0 Å². The fourth-order valence-corrected chi connectivity index (χ4v) is 1.67. The van der Waals surface area contributed by atoms with E-state index in [-0.39, 0.29) is 0 Å². The van der Waals surface area contributed by atoms with Crippen LogP contribution in [0.1, 0.15) is 18.5 Å². The largest absolute Gasteiger partial charge is 0.378 e. The molecule has 1 aromatic carbocycles. The van der Waals surface area contributed by atoms with Gasteiger partial charge in [0.25, 0.3) is 0 Å². The second-order valence-corrected chi connectivity index (χ2v) is 5.21. The van der Waals surface area contributed by atoms with Gasteiger partial charge in [0.05, 0.1) is 0 Å². The maximum Gasteiger partial charge on any atom is 0.0385 e. The highest BCUT2D eigenvalue weighted by Crippen LogP contribution is 2.28. The van der Waals surface area contributed by atoms with Crippen molar-refractivity contribution in [1.29, 1.82) is 0 Å². The summed E-state index contributed by atoms with van der Waals surface area (Å²) in [6.45, 7) is 2.23. The predicted octanol–water partition coefficient (Wildman–Crippen LogP) is 2.44. The molecule has 96 valence electrons. The minimum atomic E-state index is 0.425. The SMILES string of the molecule is CC(c1cc(N(C)C)cc(N(C)C)c1)N(C)C. The number of hydrogen-bond donors (Lipinski definition) is 0. The van der Waals surface area contributed by atoms with E-state index in [1.54, 1.807) is 0 Å². The van der Waals surface area contributed by atoms with Crippen LogP contribution in [0.5, 0.6) is 0 Å². The van der Waals surface area contributed by atoms with E-state index < -0.39 is 0 Å². The van der Waals surface area contributed by atoms with Gasteiger partial charge in [0.2, 0.25) is 0 Å². The van der Waals surface area contributed by atoms with E-state index in [4.69, 9.17) is 0 Å². The lowest BCUT2D eigenvalue weighted by molar-refractivity contribution is 0.321. The summed E-state index contributed by atoms with van der Waals surface area (Å²) in [5, 5.41) is 0. The standard InChI is InChI=1S/C14H25N3/c1-11(15(2)3)12-8-13(16(4)5)10-14(9-12)17(6)7/h8-11H,1-7H3. The number of rotatable bonds is 4. The Hall–Kier alpha value is -1.22. The third-order valence-electron chi connectivity index (χ3n) is 3.21. The van der Waals surface area contributed by atoms with Gasteiger partial charge in [-0.15, -0.1) is 0 Å². The molecule has 0 saturated heterocycles. The van der Waals surface area contributed by atoms with Crippen LogP contribution < -0.4 is 9.80 Å². The monoisotopic (exact) mass is 235 g/mol. The zero-order chi connectivity index (χ0) is 13.2. The molecule has 0 aliphatic carbocycles. The minimum absolute atomic E-state index is 0.425. The zero-order valence-electron chi connectivity index (χ0n) is 12.2. The Labute approximate surface area is 106 Å². The van der Waals surface area contributed by atoms with Gasteiger partial charge in [-0.1, -0.05) is 0 Å². The lowest BCUT2D eigenvalue weighted by Crippen LogP contribution is -2.19. The average Bonchev–Trinajstić information content (AvgIpc) is 2.27. The van der Waals surface area contributed by atoms with Crippen LogP contribution in [0.15, 0.2) is 18.2 Å². The van der Waals surface area contributed by atoms with E-state index in [1.807, 2.05) is 0 Å². The van der Waals surface area contributed by atoms with Crippen LogP contribution >= 0.6 is 0 Å². The lowest BCUT2D eigenvalue weighted by atomic mass is 10.1. The molecule has 17 heavy (non-hydrogen) atoms. The Morgan fingerprint density at radius 2 is 1.18 bits per heavy atom. The van der Waals surface area contributed by atoms with Crippen molar-refractivity contribution in [3.63, 3.8) is 0 Å². The first kappa shape index (κ1) is 13.8. The average molecular weight is 235 g/mol. The Bertz CT molecular complexity index is 343. The molecule has 0 N–H and O–H groups in total. The fraction of sp³-hybridized carbons (Fsp3) is 0.571. The van der Waals surface area contributed by atoms with Crippen molar-refractivity contribution in [2.45, 2.75) is 13.0 Å². The van der Waals surface area contributed by atoms with E-state index >= 15 is 0 Å². The smallest absolute Gasteiger partial charge is 0.0385 e. The van der Waals surface area contributed by atoms with Crippen molar-refractivity contribution < 1.29 is 0 Å². The predicted molar refractivity (Wildman–Crippen MR) is 77.2 cm³/mol. The van der Waals surface area contributed by atoms with Crippen LogP contribution in [0.3, 0.4) is 0 Å². The molecule has 1 unspecified atom stereocenters. The van der Waals surface area contributed by atoms with Crippen molar-refractivity contribution >= 4 is 11.4 Å². The van der Waals surface area contributed by atoms with Gasteiger partial charge in [-0.05, 0) is 44.8 Å². The normalized spacial score (nSPS) is 12.7. The van der Waals surface area contributed by atoms with Gasteiger partial charge in [0.15, 0.2) is 0 Å². The Balaban J connectivity index is 3.21. The summed E-state index contributed by atoms with van der Waals surface area (Å²) in [5.74, 6) is 0. The van der Waals surface area contributed by atoms with Crippen LogP contribution in [-0.2, 0) is 0 Å². The highest BCUT2D eigenvalue weighted by atomic mass is 15.1. The first-order valence-corrected chi connectivity index (χ1v) is 5.99. The van der Waals surface area contributed by atoms with Crippen molar-refractivity contribution in [3.05, 3.63) is 23.8 Å². The summed E-state index contributed by atoms with van der Waals surface area (Å²) in [4.78, 5) is 6.53. The summed E-state index contributed by atoms with van der Waals surface area (Å²) >= 11 is 0. The van der Waals surface area contributed by atoms with Gasteiger partial charge in [0, 0.05) is 45.6 Å². The van der Waals surface area contributed by atoms with E-state index in [2.05, 4.69) is 82.1 Å². The molecule has 3 nitrogen and oxygen atoms in total. The van der Waals surface area contributed by atoms with Gasteiger partial charge in [-0.3, -0.25) is 0 Å². The molecule has 1 aromatic rings. The van der Waals surface area contributed by atoms with Crippen LogP contribution in [0.4, 0.5) is 11.4 Å². The van der Waals surface area contributed by atoms with Crippen molar-refractivity contribution in [2.24, 2.45) is 0 Å². The quantitative estimate of drug-likeness (QED) is 0.793. The van der Waals surface area contributed by atoms with E-state index in [0.717, 1.165) is 0 Å². The molecule has 0 aromatic heterocycles. The third kappa shape index (κ3) is 3.37. The Kier molecular flexibility index (Phi) is 4.40. The molecular formula is C14H25N3. The molecule has 1 atom stereocenters. The summed E-state index contributed by atoms with van der Waals surface area (Å²) < 4.78 is 0. The topological polar surface area (TPSA) is 9.72 Å². The van der Waals surface area contributed by atoms with E-state index in [9.17, 15) is 0 Å². The Morgan fingerprint density at radius 1 is 0.765 bits per heavy atom. The molecule has 1 rings (SSSR count). The highest BCUT2D eigenvalue weighted by Gasteiger charge is 2.11. The lowest BCUT2D eigenvalue weighted by Gasteiger charge is -2.25. The number of anilines is 2. The molecule has 0 fully saturated rings. The molecule has 0 bridgehead atoms. The first-order chi connectivity index (χ1) is 7.82. The van der Waals surface area contributed by atoms with Crippen LogP contribution in [0.2, 0.25) is 0 Å². The molecule has 0 aliphatic rings. The van der Waals surface area contributed by atoms with E-state index in [1.165, 1.54) is 16.9 Å². The van der Waals surface area contributed by atoms with Gasteiger partial charge in [-0.2, -0.15) is 0 Å². The number of benzene rings is 1. The molecule has 0 amide bonds. The van der Waals surface area contributed by atoms with Gasteiger partial charge in [0.1, 0.15) is 0 Å². The van der Waals surface area contributed by atoms with E-state index in [0.29, 0.717) is 6.04 Å². The molecule has 0 saturated carbocycles. The minimum Gasteiger partial charge on any atom is -0.378 e. The second-order valence-electron chi connectivity index (χ2n) is 5.21. The Morgan fingerprint density at radius 3 is 1.47 bits per heavy atom. The number of nitrogens with zero attached hydrogens (tertiary/aromatic N) is 3. The summed E-state index contributed by atoms with van der Waals surface area (Å²) in [7, 11) is 12.6. The van der Waals surface area contributed by atoms with Gasteiger partial charge in [-0.25, -0.2) is 0 Å². The second kappa shape index (κ2) is 5.41. The van der Waals surface area contributed by atoms with Crippen LogP contribution in [0.25, 0.3) is 0 Å². The van der Waals surface area contributed by atoms with Crippen LogP contribution in [-0.4, -0.2) is 47.2 Å². The molecule has 0 aliphatic heterocycles. The maximum absolute atomic E-state index is 2.26. The van der Waals surface area contributed by atoms with Crippen LogP contribution in [0, 0.1) is 0 Å². The molecule has 0 spiro atoms. The van der Waals surface area contributed by atoms with Crippen molar-refractivity contribution in [3.8, 4) is 0 Å². The molecule has 0 radical (unpaired) electrons. The summed E-state index contributed by atoms with van der Waals surface area (Å²) in [5.41, 5.74) is 3.85. The fourth-order valence-electron chi connectivity index (χ4n) is 1.67. The third-order valence-corrected chi connectivity index (χ3v) is 3.21. The van der Waals surface area contributed by atoms with Crippen molar-refractivity contribution in [1.82, 2.24) is 4.90 Å². The number of hydrogen-bond acceptors (Lipinski definition) is 3. The highest BCUT2D eigenvalue weighted by molar-refractivity contribution is 5.61.